The number of amides is 3. The summed E-state index contributed by atoms with van der Waals surface area (Å²) in [6.07, 6.45) is 1.58. The van der Waals surface area contributed by atoms with Crippen LogP contribution in [-0.4, -0.2) is 59.7 Å². The molecule has 2 fully saturated rings. The van der Waals surface area contributed by atoms with Gasteiger partial charge >= 0.3 is 0 Å². The number of rotatable bonds is 3. The van der Waals surface area contributed by atoms with Crippen molar-refractivity contribution in [3.05, 3.63) is 0 Å². The van der Waals surface area contributed by atoms with E-state index in [1.54, 1.807) is 4.90 Å². The van der Waals surface area contributed by atoms with Gasteiger partial charge in [0.25, 0.3) is 0 Å². The zero-order chi connectivity index (χ0) is 14.7. The molecule has 6 nitrogen and oxygen atoms in total. The fourth-order valence-electron chi connectivity index (χ4n) is 2.67. The van der Waals surface area contributed by atoms with Crippen LogP contribution >= 0.6 is 0 Å². The lowest BCUT2D eigenvalue weighted by Crippen LogP contribution is -2.54. The second kappa shape index (κ2) is 6.24. The van der Waals surface area contributed by atoms with Crippen molar-refractivity contribution < 1.29 is 14.4 Å². The Bertz CT molecular complexity index is 400. The number of nitrogens with one attached hydrogen (secondary N) is 1. The van der Waals surface area contributed by atoms with E-state index in [0.717, 1.165) is 0 Å². The van der Waals surface area contributed by atoms with Gasteiger partial charge in [-0.15, -0.1) is 0 Å². The third kappa shape index (κ3) is 3.49. The smallest absolute Gasteiger partial charge is 0.245 e. The first-order chi connectivity index (χ1) is 9.47. The van der Waals surface area contributed by atoms with Crippen LogP contribution in [0.4, 0.5) is 0 Å². The van der Waals surface area contributed by atoms with E-state index >= 15 is 0 Å². The number of nitrogens with zero attached hydrogens (tertiary/aromatic N) is 2. The second-order valence-corrected chi connectivity index (χ2v) is 5.96. The second-order valence-electron chi connectivity index (χ2n) is 5.96. The summed E-state index contributed by atoms with van der Waals surface area (Å²) in [5.41, 5.74) is 0. The number of piperazine rings is 1. The van der Waals surface area contributed by atoms with Crippen LogP contribution in [0.5, 0.6) is 0 Å². The number of carbonyl (C=O) groups is 3. The lowest BCUT2D eigenvalue weighted by molar-refractivity contribution is -0.141. The van der Waals surface area contributed by atoms with Crippen LogP contribution in [0.15, 0.2) is 0 Å². The monoisotopic (exact) mass is 281 g/mol. The Kier molecular flexibility index (Phi) is 4.62. The summed E-state index contributed by atoms with van der Waals surface area (Å²) >= 11 is 0. The van der Waals surface area contributed by atoms with E-state index in [2.05, 4.69) is 5.32 Å². The number of hydrogen-bond donors (Lipinski definition) is 1. The van der Waals surface area contributed by atoms with Gasteiger partial charge in [-0.05, 0) is 12.3 Å². The predicted molar refractivity (Wildman–Crippen MR) is 73.8 cm³/mol. The van der Waals surface area contributed by atoms with Crippen LogP contribution in [0.1, 0.15) is 33.1 Å². The minimum Gasteiger partial charge on any atom is -0.344 e. The highest BCUT2D eigenvalue weighted by molar-refractivity contribution is 5.91. The van der Waals surface area contributed by atoms with E-state index in [-0.39, 0.29) is 23.8 Å². The molecule has 0 aromatic carbocycles. The molecule has 1 atom stereocenters. The van der Waals surface area contributed by atoms with Crippen LogP contribution < -0.4 is 5.32 Å². The van der Waals surface area contributed by atoms with Crippen LogP contribution in [-0.2, 0) is 14.4 Å². The van der Waals surface area contributed by atoms with Crippen molar-refractivity contribution in [1.29, 1.82) is 0 Å². The molecule has 2 rings (SSSR count). The maximum atomic E-state index is 12.2. The predicted octanol–water partition coefficient (Wildman–Crippen LogP) is -0.0181. The summed E-state index contributed by atoms with van der Waals surface area (Å²) in [5, 5.41) is 2.70. The third-order valence-corrected chi connectivity index (χ3v) is 3.82. The molecule has 1 unspecified atom stereocenters. The molecular formula is C14H23N3O3. The average molecular weight is 281 g/mol. The fourth-order valence-corrected chi connectivity index (χ4v) is 2.67. The van der Waals surface area contributed by atoms with Gasteiger partial charge in [-0.2, -0.15) is 0 Å². The first-order valence-corrected chi connectivity index (χ1v) is 7.33. The maximum Gasteiger partial charge on any atom is 0.245 e. The molecule has 0 spiro atoms. The number of hydrogen-bond acceptors (Lipinski definition) is 3. The lowest BCUT2D eigenvalue weighted by Gasteiger charge is -2.36. The van der Waals surface area contributed by atoms with E-state index in [1.807, 2.05) is 18.7 Å². The Labute approximate surface area is 119 Å². The van der Waals surface area contributed by atoms with E-state index in [1.165, 1.54) is 0 Å². The normalized spacial score (nSPS) is 23.1. The van der Waals surface area contributed by atoms with Crippen LogP contribution in [0.3, 0.4) is 0 Å². The van der Waals surface area contributed by atoms with Crippen LogP contribution in [0.2, 0.25) is 0 Å². The van der Waals surface area contributed by atoms with Gasteiger partial charge in [0.2, 0.25) is 17.7 Å². The Morgan fingerprint density at radius 1 is 1.20 bits per heavy atom. The van der Waals surface area contributed by atoms with Crippen molar-refractivity contribution in [2.45, 2.75) is 39.2 Å². The first-order valence-electron chi connectivity index (χ1n) is 7.33. The SMILES string of the molecule is CC(C)CC(=O)N1CCN(C(=O)C2CCC(=O)N2)CC1. The Morgan fingerprint density at radius 2 is 1.80 bits per heavy atom. The van der Waals surface area contributed by atoms with Crippen molar-refractivity contribution in [1.82, 2.24) is 15.1 Å². The van der Waals surface area contributed by atoms with Gasteiger partial charge in [0, 0.05) is 39.0 Å². The molecule has 1 N–H and O–H groups in total. The zero-order valence-corrected chi connectivity index (χ0v) is 12.2. The van der Waals surface area contributed by atoms with Crippen LogP contribution in [0.25, 0.3) is 0 Å². The van der Waals surface area contributed by atoms with Crippen molar-refractivity contribution in [3.63, 3.8) is 0 Å². The molecule has 2 saturated heterocycles. The molecule has 0 aromatic heterocycles. The van der Waals surface area contributed by atoms with E-state index in [0.29, 0.717) is 51.4 Å². The minimum absolute atomic E-state index is 0.00758. The fraction of sp³-hybridized carbons (Fsp3) is 0.786. The molecule has 0 aromatic rings. The Balaban J connectivity index is 1.80. The molecular weight excluding hydrogens is 258 g/mol. The van der Waals surface area contributed by atoms with Crippen LogP contribution in [0, 0.1) is 5.92 Å². The molecule has 0 aliphatic carbocycles. The molecule has 6 heteroatoms. The van der Waals surface area contributed by atoms with Gasteiger partial charge in [0.05, 0.1) is 0 Å². The summed E-state index contributed by atoms with van der Waals surface area (Å²) in [7, 11) is 0. The Morgan fingerprint density at radius 3 is 2.30 bits per heavy atom. The third-order valence-electron chi connectivity index (χ3n) is 3.82. The zero-order valence-electron chi connectivity index (χ0n) is 12.2. The standard InChI is InChI=1S/C14H23N3O3/c1-10(2)9-13(19)16-5-7-17(8-6-16)14(20)11-3-4-12(18)15-11/h10-11H,3-9H2,1-2H3,(H,15,18). The molecule has 2 aliphatic rings. The maximum absolute atomic E-state index is 12.2. The van der Waals surface area contributed by atoms with Gasteiger partial charge in [0.1, 0.15) is 6.04 Å². The van der Waals surface area contributed by atoms with Gasteiger partial charge in [0.15, 0.2) is 0 Å². The van der Waals surface area contributed by atoms with Gasteiger partial charge in [-0.1, -0.05) is 13.8 Å². The molecule has 2 aliphatic heterocycles. The highest BCUT2D eigenvalue weighted by atomic mass is 16.2. The minimum atomic E-state index is -0.361. The quantitative estimate of drug-likeness (QED) is 0.790. The highest BCUT2D eigenvalue weighted by Gasteiger charge is 2.32. The summed E-state index contributed by atoms with van der Waals surface area (Å²) in [6, 6.07) is -0.361. The van der Waals surface area contributed by atoms with E-state index < -0.39 is 0 Å². The van der Waals surface area contributed by atoms with Crippen molar-refractivity contribution in [2.24, 2.45) is 5.92 Å². The van der Waals surface area contributed by atoms with Crippen molar-refractivity contribution >= 4 is 17.7 Å². The topological polar surface area (TPSA) is 69.7 Å². The number of carbonyl (C=O) groups excluding carboxylic acids is 3. The molecule has 0 bridgehead atoms. The van der Waals surface area contributed by atoms with E-state index in [4.69, 9.17) is 0 Å². The summed E-state index contributed by atoms with van der Waals surface area (Å²) < 4.78 is 0. The van der Waals surface area contributed by atoms with Crippen molar-refractivity contribution in [2.75, 3.05) is 26.2 Å². The Hall–Kier alpha value is -1.59. The molecule has 0 radical (unpaired) electrons. The van der Waals surface area contributed by atoms with Gasteiger partial charge < -0.3 is 15.1 Å². The largest absolute Gasteiger partial charge is 0.344 e. The van der Waals surface area contributed by atoms with Gasteiger partial charge in [-0.25, -0.2) is 0 Å². The molecule has 3 amide bonds. The highest BCUT2D eigenvalue weighted by Crippen LogP contribution is 2.13. The molecule has 2 heterocycles. The molecule has 112 valence electrons. The lowest BCUT2D eigenvalue weighted by atomic mass is 10.1. The summed E-state index contributed by atoms with van der Waals surface area (Å²) in [5.74, 6) is 0.470. The van der Waals surface area contributed by atoms with E-state index in [9.17, 15) is 14.4 Å². The summed E-state index contributed by atoms with van der Waals surface area (Å²) in [6.45, 7) is 6.38. The van der Waals surface area contributed by atoms with Crippen molar-refractivity contribution in [3.8, 4) is 0 Å². The summed E-state index contributed by atoms with van der Waals surface area (Å²) in [4.78, 5) is 38.9. The average Bonchev–Trinajstić information content (AvgIpc) is 2.84. The molecule has 0 saturated carbocycles. The van der Waals surface area contributed by atoms with Gasteiger partial charge in [-0.3, -0.25) is 14.4 Å². The first kappa shape index (κ1) is 14.8. The molecule has 20 heavy (non-hydrogen) atoms.